The molecule has 0 spiro atoms. The van der Waals surface area contributed by atoms with Crippen molar-refractivity contribution < 1.29 is 20.5 Å². The molecule has 0 aliphatic heterocycles. The van der Waals surface area contributed by atoms with Gasteiger partial charge in [0.05, 0.1) is 7.89 Å². The quantitative estimate of drug-likeness (QED) is 0.344. The molecule has 4 atom stereocenters. The maximum Gasteiger partial charge on any atom is 0.328 e. The van der Waals surface area contributed by atoms with E-state index in [0.717, 1.165) is 48.6 Å². The van der Waals surface area contributed by atoms with Gasteiger partial charge in [0.2, 0.25) is 5.91 Å². The van der Waals surface area contributed by atoms with Crippen LogP contribution in [0.2, 0.25) is 0 Å². The Morgan fingerprint density at radius 3 is 2.24 bits per heavy atom. The summed E-state index contributed by atoms with van der Waals surface area (Å²) >= 11 is 0. The van der Waals surface area contributed by atoms with E-state index in [2.05, 4.69) is 0 Å². The topological polar surface area (TPSA) is 60.9 Å². The van der Waals surface area contributed by atoms with Crippen LogP contribution in [0.3, 0.4) is 0 Å². The largest absolute Gasteiger partial charge is 0.478 e. The van der Waals surface area contributed by atoms with Gasteiger partial charge in [0.25, 0.3) is 0 Å². The van der Waals surface area contributed by atoms with Gasteiger partial charge in [-0.15, -0.1) is 0 Å². The second-order valence-electron chi connectivity index (χ2n) is 10.6. The van der Waals surface area contributed by atoms with Crippen LogP contribution in [0, 0.1) is 23.6 Å². The molecule has 2 saturated carbocycles. The second-order valence-corrected chi connectivity index (χ2v) is 10.6. The van der Waals surface area contributed by atoms with Crippen molar-refractivity contribution in [2.24, 2.45) is 17.8 Å². The third-order valence-electron chi connectivity index (χ3n) is 7.80. The van der Waals surface area contributed by atoms with Gasteiger partial charge in [-0.1, -0.05) is 42.8 Å². The smallest absolute Gasteiger partial charge is 0.328 e. The Morgan fingerprint density at radius 1 is 0.974 bits per heavy atom. The Labute approximate surface area is 224 Å². The zero-order valence-corrected chi connectivity index (χ0v) is 21.7. The lowest BCUT2D eigenvalue weighted by Crippen LogP contribution is -2.38. The van der Waals surface area contributed by atoms with E-state index >= 15 is 0 Å². The van der Waals surface area contributed by atoms with Crippen molar-refractivity contribution in [1.29, 1.82) is 0 Å². The van der Waals surface area contributed by atoms with Crippen LogP contribution in [0.1, 0.15) is 38.2 Å². The van der Waals surface area contributed by atoms with Gasteiger partial charge < -0.3 is 14.9 Å². The molecule has 5 rings (SSSR count). The maximum absolute atomic E-state index is 14.7. The molecule has 2 fully saturated rings. The van der Waals surface area contributed by atoms with Crippen LogP contribution < -0.4 is 9.80 Å². The lowest BCUT2D eigenvalue weighted by atomic mass is 9.87. The Balaban J connectivity index is 1.48. The van der Waals surface area contributed by atoms with E-state index in [9.17, 15) is 14.0 Å². The summed E-state index contributed by atoms with van der Waals surface area (Å²) in [5.41, 5.74) is 4.34. The zero-order chi connectivity index (χ0) is 27.7. The number of fused-ring (bicyclic) bond motifs is 2. The Morgan fingerprint density at radius 2 is 1.66 bits per heavy atom. The fourth-order valence-electron chi connectivity index (χ4n) is 5.85. The van der Waals surface area contributed by atoms with Crippen molar-refractivity contribution in [3.05, 3.63) is 89.8 Å². The molecule has 6 heteroatoms. The van der Waals surface area contributed by atoms with E-state index in [1.807, 2.05) is 67.5 Å². The molecular weight excluding hydrogens is 479 g/mol. The maximum atomic E-state index is 14.7. The molecule has 5 nitrogen and oxygen atoms in total. The summed E-state index contributed by atoms with van der Waals surface area (Å²) in [4.78, 5) is 28.4. The van der Waals surface area contributed by atoms with E-state index in [1.165, 1.54) is 23.1 Å². The van der Waals surface area contributed by atoms with Crippen LogP contribution in [0.15, 0.2) is 72.8 Å². The van der Waals surface area contributed by atoms with E-state index < -0.39 is 18.3 Å². The van der Waals surface area contributed by atoms with Crippen molar-refractivity contribution in [2.45, 2.75) is 32.2 Å². The summed E-state index contributed by atoms with van der Waals surface area (Å²) in [6, 6.07) is 19.8. The number of hydrogen-bond acceptors (Lipinski definition) is 3. The fourth-order valence-corrected chi connectivity index (χ4v) is 5.85. The summed E-state index contributed by atoms with van der Waals surface area (Å²) in [5.74, 6) is -1.26. The average Bonchev–Trinajstić information content (AvgIpc) is 3.56. The van der Waals surface area contributed by atoms with Gasteiger partial charge in [0, 0.05) is 37.5 Å². The number of anilines is 2. The van der Waals surface area contributed by atoms with Gasteiger partial charge >= 0.3 is 5.97 Å². The number of carboxylic acid groups (broad SMARTS) is 1. The monoisotopic (exact) mass is 513 g/mol. The number of halogens is 1. The molecule has 0 saturated heterocycles. The molecule has 1 amide bonds. The fraction of sp³-hybridized carbons (Fsp3) is 0.312. The molecule has 0 aromatic heterocycles. The predicted molar refractivity (Wildman–Crippen MR) is 149 cm³/mol. The molecular formula is C32H33FN2O3. The minimum atomic E-state index is -1.15. The lowest BCUT2D eigenvalue weighted by Gasteiger charge is -2.30. The summed E-state index contributed by atoms with van der Waals surface area (Å²) in [5, 5.41) is 9.02. The van der Waals surface area contributed by atoms with Crippen LogP contribution in [0.25, 0.3) is 17.2 Å². The van der Waals surface area contributed by atoms with Gasteiger partial charge in [-0.25, -0.2) is 9.18 Å². The molecule has 0 unspecified atom stereocenters. The molecule has 3 aromatic rings. The summed E-state index contributed by atoms with van der Waals surface area (Å²) in [6.07, 6.45) is 6.21. The van der Waals surface area contributed by atoms with Crippen LogP contribution in [0.4, 0.5) is 15.8 Å². The van der Waals surface area contributed by atoms with Crippen LogP contribution in [-0.2, 0) is 16.1 Å². The summed E-state index contributed by atoms with van der Waals surface area (Å²) < 4.78 is 23.9. The first kappa shape index (κ1) is 24.4. The highest BCUT2D eigenvalue weighted by atomic mass is 19.1. The molecule has 3 aromatic carbocycles. The van der Waals surface area contributed by atoms with Crippen molar-refractivity contribution in [3.63, 3.8) is 0 Å². The van der Waals surface area contributed by atoms with Crippen molar-refractivity contribution in [1.82, 2.24) is 0 Å². The number of hydrogen-bond donors (Lipinski definition) is 1. The highest BCUT2D eigenvalue weighted by molar-refractivity contribution is 5.96. The van der Waals surface area contributed by atoms with Crippen LogP contribution in [-0.4, -0.2) is 31.1 Å². The highest BCUT2D eigenvalue weighted by Crippen LogP contribution is 2.49. The van der Waals surface area contributed by atoms with Gasteiger partial charge in [-0.2, -0.15) is 0 Å². The number of amides is 1. The first-order chi connectivity index (χ1) is 18.7. The highest BCUT2D eigenvalue weighted by Gasteiger charge is 2.44. The molecule has 1 N–H and O–H groups in total. The molecule has 196 valence electrons. The Hall–Kier alpha value is -3.93. The number of aliphatic carboxylic acids is 1. The minimum Gasteiger partial charge on any atom is -0.478 e. The van der Waals surface area contributed by atoms with Crippen LogP contribution in [0.5, 0.6) is 0 Å². The number of benzene rings is 3. The third kappa shape index (κ3) is 5.64. The molecule has 2 aliphatic rings. The third-order valence-corrected chi connectivity index (χ3v) is 7.80. The Bertz CT molecular complexity index is 1390. The summed E-state index contributed by atoms with van der Waals surface area (Å²) in [6.45, 7) is -1.08. The first-order valence-corrected chi connectivity index (χ1v) is 13.0. The molecule has 2 bridgehead atoms. The number of nitrogens with zero attached hydrogens (tertiary/aromatic N) is 2. The van der Waals surface area contributed by atoms with E-state index in [-0.39, 0.29) is 17.5 Å². The SMILES string of the molecule is [2H][C@@H](c1ccc(-c2ccc(N(C)C)cc2)cc1)N(C(=O)[C@@H]1C[C@H]2CC[C@@H]1C2)c1cc(F)cc(/C=C/C(=O)O)c1. The molecule has 38 heavy (non-hydrogen) atoms. The lowest BCUT2D eigenvalue weighted by molar-refractivity contribution is -0.131. The van der Waals surface area contributed by atoms with E-state index in [4.69, 9.17) is 6.48 Å². The molecule has 2 aliphatic carbocycles. The number of rotatable bonds is 8. The standard InChI is InChI=1S/C32H33FN2O3/c1-34(2)28-12-10-25(11-13-28)24-7-3-21(4-8-24)20-35(32(38)30-18-22-5-9-26(30)15-22)29-17-23(6-14-31(36)37)16-27(33)19-29/h3-4,6-8,10-14,16-17,19,22,26,30H,5,9,15,18,20H2,1-2H3,(H,36,37)/b14-6+/t22-,26+,30+/m0/s1/i20D/t20-,22-,26+,30+. The number of carbonyl (C=O) groups excluding carboxylic acids is 1. The molecule has 0 heterocycles. The second kappa shape index (κ2) is 10.8. The van der Waals surface area contributed by atoms with Gasteiger partial charge in [-0.05, 0) is 89.8 Å². The Kier molecular flexibility index (Phi) is 6.95. The number of carbonyl (C=O) groups is 2. The van der Waals surface area contributed by atoms with Crippen molar-refractivity contribution in [3.8, 4) is 11.1 Å². The zero-order valence-electron chi connectivity index (χ0n) is 22.7. The predicted octanol–water partition coefficient (Wildman–Crippen LogP) is 6.63. The summed E-state index contributed by atoms with van der Waals surface area (Å²) in [7, 11) is 3.98. The van der Waals surface area contributed by atoms with Crippen LogP contribution >= 0.6 is 0 Å². The molecule has 0 radical (unpaired) electrons. The van der Waals surface area contributed by atoms with E-state index in [0.29, 0.717) is 23.0 Å². The van der Waals surface area contributed by atoms with E-state index in [1.54, 1.807) is 6.07 Å². The normalized spacial score (nSPS) is 21.3. The van der Waals surface area contributed by atoms with Crippen molar-refractivity contribution >= 4 is 29.3 Å². The van der Waals surface area contributed by atoms with Crippen molar-refractivity contribution in [2.75, 3.05) is 23.9 Å². The number of carboxylic acids is 1. The van der Waals surface area contributed by atoms with Gasteiger partial charge in [0.15, 0.2) is 0 Å². The minimum absolute atomic E-state index is 0.163. The first-order valence-electron chi connectivity index (χ1n) is 13.6. The van der Waals surface area contributed by atoms with Gasteiger partial charge in [0.1, 0.15) is 5.82 Å². The van der Waals surface area contributed by atoms with Gasteiger partial charge in [-0.3, -0.25) is 4.79 Å². The average molecular weight is 514 g/mol.